The number of amides is 1. The van der Waals surface area contributed by atoms with E-state index in [0.717, 1.165) is 17.5 Å². The van der Waals surface area contributed by atoms with Crippen LogP contribution in [0.15, 0.2) is 78.4 Å². The molecule has 1 N–H and O–H groups in total. The van der Waals surface area contributed by atoms with Crippen LogP contribution in [0.1, 0.15) is 35.2 Å². The van der Waals surface area contributed by atoms with Gasteiger partial charge in [0.2, 0.25) is 0 Å². The maximum atomic E-state index is 13.2. The van der Waals surface area contributed by atoms with E-state index in [1.165, 1.54) is 4.90 Å². The van der Waals surface area contributed by atoms with Crippen molar-refractivity contribution in [1.29, 1.82) is 0 Å². The third-order valence-electron chi connectivity index (χ3n) is 5.83. The molecule has 1 heterocycles. The number of aliphatic hydroxyl groups excluding tert-OH is 1. The lowest BCUT2D eigenvalue weighted by Gasteiger charge is -2.26. The Morgan fingerprint density at radius 1 is 0.969 bits per heavy atom. The second-order valence-corrected chi connectivity index (χ2v) is 7.80. The lowest BCUT2D eigenvalue weighted by molar-refractivity contribution is -0.132. The second kappa shape index (κ2) is 8.71. The van der Waals surface area contributed by atoms with Gasteiger partial charge in [-0.25, -0.2) is 0 Å². The lowest BCUT2D eigenvalue weighted by Crippen LogP contribution is -2.29. The first kappa shape index (κ1) is 21.4. The number of para-hydroxylation sites is 1. The average Bonchev–Trinajstić information content (AvgIpc) is 3.09. The number of methoxy groups -OCH3 is 1. The predicted octanol–water partition coefficient (Wildman–Crippen LogP) is 5.19. The van der Waals surface area contributed by atoms with Crippen molar-refractivity contribution in [2.75, 3.05) is 12.0 Å². The number of aryl methyl sites for hydroxylation is 2. The molecule has 0 spiro atoms. The molecule has 3 aromatic rings. The summed E-state index contributed by atoms with van der Waals surface area (Å²) in [5.74, 6) is -1.07. The van der Waals surface area contributed by atoms with Crippen LogP contribution < -0.4 is 9.64 Å². The van der Waals surface area contributed by atoms with E-state index in [1.807, 2.05) is 56.3 Å². The summed E-state index contributed by atoms with van der Waals surface area (Å²) < 4.78 is 5.54. The number of anilines is 1. The molecule has 0 radical (unpaired) electrons. The molecule has 1 fully saturated rings. The Kier molecular flexibility index (Phi) is 5.82. The van der Waals surface area contributed by atoms with Crippen molar-refractivity contribution in [3.63, 3.8) is 0 Å². The van der Waals surface area contributed by atoms with Gasteiger partial charge in [-0.05, 0) is 37.1 Å². The van der Waals surface area contributed by atoms with Gasteiger partial charge in [0.1, 0.15) is 11.5 Å². The first-order valence-corrected chi connectivity index (χ1v) is 10.6. The summed E-state index contributed by atoms with van der Waals surface area (Å²) in [6, 6.07) is 21.1. The van der Waals surface area contributed by atoms with Gasteiger partial charge in [0.15, 0.2) is 0 Å². The van der Waals surface area contributed by atoms with Crippen molar-refractivity contribution in [2.45, 2.75) is 26.3 Å². The normalized spacial score (nSPS) is 17.6. The van der Waals surface area contributed by atoms with Gasteiger partial charge < -0.3 is 9.84 Å². The molecule has 4 rings (SSSR count). The largest absolute Gasteiger partial charge is 0.507 e. The lowest BCUT2D eigenvalue weighted by atomic mass is 9.94. The molecule has 5 nitrogen and oxygen atoms in total. The van der Waals surface area contributed by atoms with Crippen LogP contribution in [-0.4, -0.2) is 23.9 Å². The molecule has 1 saturated heterocycles. The van der Waals surface area contributed by atoms with E-state index in [9.17, 15) is 14.7 Å². The smallest absolute Gasteiger partial charge is 0.300 e. The Morgan fingerprint density at radius 3 is 2.25 bits per heavy atom. The molecule has 1 amide bonds. The summed E-state index contributed by atoms with van der Waals surface area (Å²) in [5, 5.41) is 11.2. The zero-order valence-electron chi connectivity index (χ0n) is 18.3. The van der Waals surface area contributed by atoms with Crippen LogP contribution in [0.2, 0.25) is 0 Å². The van der Waals surface area contributed by atoms with Gasteiger partial charge in [-0.1, -0.05) is 67.1 Å². The van der Waals surface area contributed by atoms with E-state index >= 15 is 0 Å². The molecule has 5 heteroatoms. The molecule has 0 bridgehead atoms. The molecule has 0 aromatic heterocycles. The minimum absolute atomic E-state index is 0.0457. The molecule has 162 valence electrons. The molecule has 0 saturated carbocycles. The van der Waals surface area contributed by atoms with Gasteiger partial charge >= 0.3 is 0 Å². The molecule has 1 aliphatic rings. The fourth-order valence-corrected chi connectivity index (χ4v) is 4.04. The first-order valence-electron chi connectivity index (χ1n) is 10.6. The number of rotatable bonds is 5. The summed E-state index contributed by atoms with van der Waals surface area (Å²) >= 11 is 0. The molecular weight excluding hydrogens is 402 g/mol. The summed E-state index contributed by atoms with van der Waals surface area (Å²) in [6.07, 6.45) is 0.861. The summed E-state index contributed by atoms with van der Waals surface area (Å²) in [6.45, 7) is 4.00. The Labute approximate surface area is 187 Å². The highest BCUT2D eigenvalue weighted by molar-refractivity contribution is 6.51. The van der Waals surface area contributed by atoms with Crippen molar-refractivity contribution >= 4 is 23.1 Å². The van der Waals surface area contributed by atoms with Crippen LogP contribution >= 0.6 is 0 Å². The van der Waals surface area contributed by atoms with E-state index in [0.29, 0.717) is 22.6 Å². The highest BCUT2D eigenvalue weighted by Gasteiger charge is 2.47. The van der Waals surface area contributed by atoms with E-state index in [1.54, 1.807) is 37.4 Å². The van der Waals surface area contributed by atoms with Crippen LogP contribution in [0, 0.1) is 6.92 Å². The second-order valence-electron chi connectivity index (χ2n) is 7.80. The fourth-order valence-electron chi connectivity index (χ4n) is 4.04. The third-order valence-corrected chi connectivity index (χ3v) is 5.83. The molecule has 1 atom stereocenters. The van der Waals surface area contributed by atoms with Crippen molar-refractivity contribution in [3.05, 3.63) is 101 Å². The molecule has 32 heavy (non-hydrogen) atoms. The molecule has 1 aliphatic heterocycles. The van der Waals surface area contributed by atoms with Gasteiger partial charge in [-0.3, -0.25) is 14.5 Å². The monoisotopic (exact) mass is 427 g/mol. The van der Waals surface area contributed by atoms with E-state index in [-0.39, 0.29) is 11.3 Å². The number of hydrogen-bond acceptors (Lipinski definition) is 4. The maximum absolute atomic E-state index is 13.2. The number of Topliss-reactive ketones (excluding diaryl/α,β-unsaturated/α-hetero) is 1. The van der Waals surface area contributed by atoms with Crippen LogP contribution in [-0.2, 0) is 16.0 Å². The van der Waals surface area contributed by atoms with Crippen molar-refractivity contribution in [1.82, 2.24) is 0 Å². The number of carbonyl (C=O) groups is 2. The number of aliphatic hydroxyl groups is 1. The zero-order valence-corrected chi connectivity index (χ0v) is 18.3. The number of ether oxygens (including phenoxy) is 1. The number of nitrogens with zero attached hydrogens (tertiary/aromatic N) is 1. The van der Waals surface area contributed by atoms with Gasteiger partial charge in [-0.2, -0.15) is 0 Å². The van der Waals surface area contributed by atoms with E-state index in [4.69, 9.17) is 4.74 Å². The number of ketones is 1. The number of hydrogen-bond donors (Lipinski definition) is 1. The zero-order chi connectivity index (χ0) is 22.8. The highest BCUT2D eigenvalue weighted by atomic mass is 16.5. The molecular formula is C27H25NO4. The summed E-state index contributed by atoms with van der Waals surface area (Å²) in [4.78, 5) is 27.9. The van der Waals surface area contributed by atoms with Gasteiger partial charge in [0.25, 0.3) is 11.7 Å². The molecule has 1 unspecified atom stereocenters. The minimum Gasteiger partial charge on any atom is -0.507 e. The van der Waals surface area contributed by atoms with Crippen molar-refractivity contribution < 1.29 is 19.4 Å². The van der Waals surface area contributed by atoms with Crippen LogP contribution in [0.5, 0.6) is 5.75 Å². The van der Waals surface area contributed by atoms with Crippen LogP contribution in [0.25, 0.3) is 5.76 Å². The first-order chi connectivity index (χ1) is 15.5. The number of benzene rings is 3. The number of carbonyl (C=O) groups excluding carboxylic acids is 2. The molecule has 3 aromatic carbocycles. The van der Waals surface area contributed by atoms with Gasteiger partial charge in [0.05, 0.1) is 18.7 Å². The predicted molar refractivity (Wildman–Crippen MR) is 125 cm³/mol. The summed E-state index contributed by atoms with van der Waals surface area (Å²) in [5.41, 5.74) is 3.89. The van der Waals surface area contributed by atoms with E-state index < -0.39 is 17.7 Å². The van der Waals surface area contributed by atoms with Gasteiger partial charge in [-0.15, -0.1) is 0 Å². The SMILES string of the molecule is CCc1ccc(/C(O)=C2/C(=O)C(=O)N(c3ccc(C)cc3)C2c2ccccc2OC)cc1. The standard InChI is InChI=1S/C27H25NO4/c1-4-18-11-13-19(14-12-18)25(29)23-24(21-7-5-6-8-22(21)32-3)28(27(31)26(23)30)20-15-9-17(2)10-16-20/h5-16,24,29H,4H2,1-3H3/b25-23-. The van der Waals surface area contributed by atoms with Gasteiger partial charge in [0, 0.05) is 16.8 Å². The Bertz CT molecular complexity index is 1190. The van der Waals surface area contributed by atoms with Crippen LogP contribution in [0.4, 0.5) is 5.69 Å². The Balaban J connectivity index is 1.95. The van der Waals surface area contributed by atoms with E-state index in [2.05, 4.69) is 0 Å². The van der Waals surface area contributed by atoms with Crippen molar-refractivity contribution in [2.24, 2.45) is 0 Å². The quantitative estimate of drug-likeness (QED) is 0.346. The maximum Gasteiger partial charge on any atom is 0.300 e. The average molecular weight is 428 g/mol. The van der Waals surface area contributed by atoms with Crippen LogP contribution in [0.3, 0.4) is 0 Å². The van der Waals surface area contributed by atoms with Crippen molar-refractivity contribution in [3.8, 4) is 5.75 Å². The topological polar surface area (TPSA) is 66.8 Å². The highest BCUT2D eigenvalue weighted by Crippen LogP contribution is 2.44. The minimum atomic E-state index is -0.820. The Morgan fingerprint density at radius 2 is 1.62 bits per heavy atom. The summed E-state index contributed by atoms with van der Waals surface area (Å²) in [7, 11) is 1.54. The molecule has 0 aliphatic carbocycles. The third kappa shape index (κ3) is 3.66. The Hall–Kier alpha value is -3.86. The fraction of sp³-hybridized carbons (Fsp3) is 0.185.